The highest BCUT2D eigenvalue weighted by Gasteiger charge is 2.36. The van der Waals surface area contributed by atoms with Crippen molar-refractivity contribution in [1.29, 1.82) is 0 Å². The number of carbonyl (C=O) groups is 1. The molecule has 0 bridgehead atoms. The number of carbonyl (C=O) groups excluding carboxylic acids is 1. The van der Waals surface area contributed by atoms with Crippen molar-refractivity contribution in [1.82, 2.24) is 0 Å². The molecule has 0 amide bonds. The standard InChI is InChI=1S/C18H24O4S/c1-14-4-8-17(9-5-14)23(20,21)22-13-11-16-7-6-15(10-12-19)18(16,2)3/h4-5,7-9,12,15H,6,10-11,13H2,1-3H3/t15-/m1/s1. The molecule has 0 fully saturated rings. The minimum atomic E-state index is -3.71. The molecule has 23 heavy (non-hydrogen) atoms. The zero-order valence-electron chi connectivity index (χ0n) is 13.9. The molecule has 1 aromatic rings. The van der Waals surface area contributed by atoms with Crippen molar-refractivity contribution in [3.63, 3.8) is 0 Å². The smallest absolute Gasteiger partial charge is 0.296 e. The summed E-state index contributed by atoms with van der Waals surface area (Å²) in [4.78, 5) is 10.9. The van der Waals surface area contributed by atoms with E-state index in [1.807, 2.05) is 6.92 Å². The van der Waals surface area contributed by atoms with Gasteiger partial charge >= 0.3 is 0 Å². The minimum Gasteiger partial charge on any atom is -0.303 e. The fraction of sp³-hybridized carbons (Fsp3) is 0.500. The Bertz CT molecular complexity index is 684. The summed E-state index contributed by atoms with van der Waals surface area (Å²) in [7, 11) is -3.71. The van der Waals surface area contributed by atoms with Gasteiger partial charge in [0.15, 0.2) is 0 Å². The number of hydrogen-bond donors (Lipinski definition) is 0. The molecule has 1 aliphatic carbocycles. The molecule has 0 heterocycles. The van der Waals surface area contributed by atoms with Gasteiger partial charge in [-0.2, -0.15) is 8.42 Å². The van der Waals surface area contributed by atoms with E-state index >= 15 is 0 Å². The molecule has 5 heteroatoms. The molecule has 0 aromatic heterocycles. The quantitative estimate of drug-likeness (QED) is 0.433. The molecule has 0 radical (unpaired) electrons. The third-order valence-electron chi connectivity index (χ3n) is 4.80. The summed E-state index contributed by atoms with van der Waals surface area (Å²) < 4.78 is 29.5. The summed E-state index contributed by atoms with van der Waals surface area (Å²) in [5, 5.41) is 0. The predicted octanol–water partition coefficient (Wildman–Crippen LogP) is 3.65. The van der Waals surface area contributed by atoms with Crippen molar-refractivity contribution in [3.05, 3.63) is 41.5 Å². The first-order valence-corrected chi connectivity index (χ1v) is 9.27. The monoisotopic (exact) mass is 336 g/mol. The van der Waals surface area contributed by atoms with E-state index in [1.165, 1.54) is 5.57 Å². The summed E-state index contributed by atoms with van der Waals surface area (Å²) in [6.07, 6.45) is 5.05. The molecule has 4 nitrogen and oxygen atoms in total. The summed E-state index contributed by atoms with van der Waals surface area (Å²) >= 11 is 0. The number of hydrogen-bond acceptors (Lipinski definition) is 4. The van der Waals surface area contributed by atoms with Crippen LogP contribution in [0.4, 0.5) is 0 Å². The minimum absolute atomic E-state index is 0.0854. The van der Waals surface area contributed by atoms with Crippen LogP contribution in [0.25, 0.3) is 0 Å². The molecule has 0 aliphatic heterocycles. The van der Waals surface area contributed by atoms with Crippen LogP contribution in [-0.4, -0.2) is 21.3 Å². The van der Waals surface area contributed by atoms with E-state index < -0.39 is 10.1 Å². The van der Waals surface area contributed by atoms with Gasteiger partial charge in [0.05, 0.1) is 11.5 Å². The summed E-state index contributed by atoms with van der Waals surface area (Å²) in [5.41, 5.74) is 2.09. The molecule has 0 saturated heterocycles. The van der Waals surface area contributed by atoms with E-state index in [4.69, 9.17) is 4.18 Å². The maximum Gasteiger partial charge on any atom is 0.296 e. The van der Waals surface area contributed by atoms with Crippen LogP contribution in [-0.2, 0) is 19.1 Å². The lowest BCUT2D eigenvalue weighted by molar-refractivity contribution is -0.109. The van der Waals surface area contributed by atoms with Crippen LogP contribution in [0.5, 0.6) is 0 Å². The van der Waals surface area contributed by atoms with E-state index in [0.717, 1.165) is 18.3 Å². The van der Waals surface area contributed by atoms with Crippen LogP contribution in [0.1, 0.15) is 38.7 Å². The normalized spacial score (nSPS) is 20.3. The van der Waals surface area contributed by atoms with Crippen molar-refractivity contribution >= 4 is 16.4 Å². The van der Waals surface area contributed by atoms with Crippen molar-refractivity contribution in [2.45, 2.75) is 44.9 Å². The second kappa shape index (κ2) is 6.97. The molecule has 0 saturated carbocycles. The summed E-state index contributed by atoms with van der Waals surface area (Å²) in [6.45, 7) is 6.24. The highest BCUT2D eigenvalue weighted by atomic mass is 32.2. The largest absolute Gasteiger partial charge is 0.303 e. The topological polar surface area (TPSA) is 60.4 Å². The number of benzene rings is 1. The molecule has 2 rings (SSSR count). The van der Waals surface area contributed by atoms with Gasteiger partial charge in [0.1, 0.15) is 6.29 Å². The number of allylic oxidation sites excluding steroid dienone is 1. The Kier molecular flexibility index (Phi) is 5.42. The van der Waals surface area contributed by atoms with E-state index in [9.17, 15) is 13.2 Å². The average molecular weight is 336 g/mol. The number of aldehydes is 1. The Morgan fingerprint density at radius 2 is 1.91 bits per heavy atom. The second-order valence-corrected chi connectivity index (χ2v) is 8.24. The van der Waals surface area contributed by atoms with Crippen LogP contribution in [0.15, 0.2) is 40.8 Å². The third-order valence-corrected chi connectivity index (χ3v) is 6.12. The Morgan fingerprint density at radius 3 is 2.52 bits per heavy atom. The van der Waals surface area contributed by atoms with Gasteiger partial charge in [-0.3, -0.25) is 4.18 Å². The fourth-order valence-electron chi connectivity index (χ4n) is 3.07. The van der Waals surface area contributed by atoms with Gasteiger partial charge in [0, 0.05) is 6.42 Å². The second-order valence-electron chi connectivity index (χ2n) is 6.63. The highest BCUT2D eigenvalue weighted by molar-refractivity contribution is 7.86. The zero-order valence-corrected chi connectivity index (χ0v) is 14.7. The molecule has 1 atom stereocenters. The molecule has 0 unspecified atom stereocenters. The molecule has 0 N–H and O–H groups in total. The zero-order chi connectivity index (χ0) is 17.1. The van der Waals surface area contributed by atoms with Crippen LogP contribution < -0.4 is 0 Å². The lowest BCUT2D eigenvalue weighted by atomic mass is 9.75. The SMILES string of the molecule is Cc1ccc(S(=O)(=O)OCCC2=CC[C@H](CC=O)C2(C)C)cc1. The van der Waals surface area contributed by atoms with Gasteiger partial charge in [-0.25, -0.2) is 0 Å². The van der Waals surface area contributed by atoms with Gasteiger partial charge in [0.25, 0.3) is 10.1 Å². The lowest BCUT2D eigenvalue weighted by Gasteiger charge is -2.30. The van der Waals surface area contributed by atoms with Gasteiger partial charge in [-0.05, 0) is 43.2 Å². The van der Waals surface area contributed by atoms with Gasteiger partial charge in [-0.15, -0.1) is 0 Å². The van der Waals surface area contributed by atoms with Gasteiger partial charge in [0.2, 0.25) is 0 Å². The molecule has 0 spiro atoms. The van der Waals surface area contributed by atoms with Gasteiger partial charge in [-0.1, -0.05) is 43.2 Å². The highest BCUT2D eigenvalue weighted by Crippen LogP contribution is 2.45. The van der Waals surface area contributed by atoms with Crippen molar-refractivity contribution in [2.24, 2.45) is 11.3 Å². The first-order chi connectivity index (χ1) is 10.8. The van der Waals surface area contributed by atoms with E-state index in [2.05, 4.69) is 19.9 Å². The molecule has 126 valence electrons. The Hall–Kier alpha value is -1.46. The predicted molar refractivity (Wildman–Crippen MR) is 89.6 cm³/mol. The third kappa shape index (κ3) is 4.09. The fourth-order valence-corrected chi connectivity index (χ4v) is 3.98. The summed E-state index contributed by atoms with van der Waals surface area (Å²) in [5.74, 6) is 0.295. The van der Waals surface area contributed by atoms with E-state index in [0.29, 0.717) is 18.8 Å². The van der Waals surface area contributed by atoms with Crippen LogP contribution in [0, 0.1) is 18.3 Å². The lowest BCUT2D eigenvalue weighted by Crippen LogP contribution is -2.22. The Balaban J connectivity index is 1.95. The molecular weight excluding hydrogens is 312 g/mol. The Morgan fingerprint density at radius 1 is 1.26 bits per heavy atom. The van der Waals surface area contributed by atoms with Crippen LogP contribution in [0.3, 0.4) is 0 Å². The molecule has 1 aliphatic rings. The maximum absolute atomic E-state index is 12.2. The van der Waals surface area contributed by atoms with E-state index in [-0.39, 0.29) is 16.9 Å². The van der Waals surface area contributed by atoms with Crippen molar-refractivity contribution in [2.75, 3.05) is 6.61 Å². The van der Waals surface area contributed by atoms with Crippen molar-refractivity contribution < 1.29 is 17.4 Å². The maximum atomic E-state index is 12.2. The number of rotatable bonds is 7. The molecule has 1 aromatic carbocycles. The first-order valence-electron chi connectivity index (χ1n) is 7.86. The van der Waals surface area contributed by atoms with Gasteiger partial charge < -0.3 is 4.79 Å². The Labute approximate surface area is 138 Å². The van der Waals surface area contributed by atoms with E-state index in [1.54, 1.807) is 24.3 Å². The van der Waals surface area contributed by atoms with Crippen LogP contribution >= 0.6 is 0 Å². The number of aryl methyl sites for hydroxylation is 1. The van der Waals surface area contributed by atoms with Crippen molar-refractivity contribution in [3.8, 4) is 0 Å². The first kappa shape index (κ1) is 17.9. The van der Waals surface area contributed by atoms with Crippen LogP contribution in [0.2, 0.25) is 0 Å². The average Bonchev–Trinajstić information content (AvgIpc) is 2.75. The molecular formula is C18H24O4S. The summed E-state index contributed by atoms with van der Waals surface area (Å²) in [6, 6.07) is 6.62.